The first-order valence-corrected chi connectivity index (χ1v) is 8.37. The van der Waals surface area contributed by atoms with Crippen molar-refractivity contribution in [2.45, 2.75) is 46.3 Å². The van der Waals surface area contributed by atoms with Crippen LogP contribution in [0.4, 0.5) is 0 Å². The maximum Gasteiger partial charge on any atom is 0.254 e. The third kappa shape index (κ3) is 5.92. The van der Waals surface area contributed by atoms with Gasteiger partial charge in [-0.25, -0.2) is 0 Å². The van der Waals surface area contributed by atoms with Crippen LogP contribution >= 0.6 is 24.8 Å². The van der Waals surface area contributed by atoms with Gasteiger partial charge in [-0.15, -0.1) is 24.8 Å². The van der Waals surface area contributed by atoms with Crippen LogP contribution in [0.15, 0.2) is 24.3 Å². The molecular weight excluding hydrogens is 345 g/mol. The normalized spacial score (nSPS) is 17.4. The molecule has 1 aliphatic heterocycles. The second-order valence-electron chi connectivity index (χ2n) is 6.41. The molecule has 1 atom stereocenters. The minimum Gasteiger partial charge on any atom is -0.333 e. The molecular formula is C18H31Cl2N3O. The highest BCUT2D eigenvalue weighted by atomic mass is 35.5. The molecule has 1 saturated heterocycles. The van der Waals surface area contributed by atoms with Crippen molar-refractivity contribution in [3.8, 4) is 0 Å². The number of hydrogen-bond donors (Lipinski definition) is 1. The van der Waals surface area contributed by atoms with Crippen LogP contribution in [0, 0.1) is 0 Å². The van der Waals surface area contributed by atoms with Gasteiger partial charge in [0, 0.05) is 43.8 Å². The second kappa shape index (κ2) is 10.9. The predicted octanol–water partition coefficient (Wildman–Crippen LogP) is 3.19. The Labute approximate surface area is 158 Å². The molecule has 1 N–H and O–H groups in total. The van der Waals surface area contributed by atoms with Crippen molar-refractivity contribution in [1.29, 1.82) is 0 Å². The SMILES string of the molecule is CCN(Cc1ccc(C(=O)N2CCNCC2C)cc1)C(C)C.Cl.Cl. The van der Waals surface area contributed by atoms with E-state index in [-0.39, 0.29) is 36.8 Å². The number of nitrogens with one attached hydrogen (secondary N) is 1. The summed E-state index contributed by atoms with van der Waals surface area (Å²) < 4.78 is 0. The van der Waals surface area contributed by atoms with Gasteiger partial charge in [0.2, 0.25) is 0 Å². The molecule has 1 heterocycles. The van der Waals surface area contributed by atoms with Gasteiger partial charge < -0.3 is 10.2 Å². The van der Waals surface area contributed by atoms with Crippen molar-refractivity contribution in [2.75, 3.05) is 26.2 Å². The Kier molecular flexibility index (Phi) is 10.6. The standard InChI is InChI=1S/C18H29N3O.2ClH/c1-5-20(14(2)3)13-16-6-8-17(9-7-16)18(22)21-11-10-19-12-15(21)4;;/h6-9,14-15,19H,5,10-13H2,1-4H3;2*1H. The lowest BCUT2D eigenvalue weighted by molar-refractivity contribution is 0.0655. The Morgan fingerprint density at radius 3 is 2.42 bits per heavy atom. The molecule has 1 fully saturated rings. The Hall–Kier alpha value is -0.810. The van der Waals surface area contributed by atoms with Gasteiger partial charge in [0.05, 0.1) is 0 Å². The van der Waals surface area contributed by atoms with Gasteiger partial charge in [-0.3, -0.25) is 9.69 Å². The first-order chi connectivity index (χ1) is 10.5. The molecule has 0 aromatic heterocycles. The molecule has 0 bridgehead atoms. The molecule has 138 valence electrons. The maximum atomic E-state index is 12.6. The minimum atomic E-state index is 0. The Bertz CT molecular complexity index is 494. The summed E-state index contributed by atoms with van der Waals surface area (Å²) in [5, 5.41) is 3.32. The topological polar surface area (TPSA) is 35.6 Å². The highest BCUT2D eigenvalue weighted by Gasteiger charge is 2.23. The number of carbonyl (C=O) groups excluding carboxylic acids is 1. The Balaban J connectivity index is 0.00000264. The van der Waals surface area contributed by atoms with E-state index >= 15 is 0 Å². The number of halogens is 2. The molecule has 0 spiro atoms. The Morgan fingerprint density at radius 2 is 1.92 bits per heavy atom. The molecule has 0 aliphatic carbocycles. The Morgan fingerprint density at radius 1 is 1.29 bits per heavy atom. The summed E-state index contributed by atoms with van der Waals surface area (Å²) in [6.45, 7) is 13.2. The van der Waals surface area contributed by atoms with E-state index in [1.54, 1.807) is 0 Å². The molecule has 24 heavy (non-hydrogen) atoms. The van der Waals surface area contributed by atoms with E-state index in [2.05, 4.69) is 50.0 Å². The van der Waals surface area contributed by atoms with Gasteiger partial charge in [0.15, 0.2) is 0 Å². The number of nitrogens with zero attached hydrogens (tertiary/aromatic N) is 2. The van der Waals surface area contributed by atoms with Crippen LogP contribution in [0.2, 0.25) is 0 Å². The monoisotopic (exact) mass is 375 g/mol. The number of hydrogen-bond acceptors (Lipinski definition) is 3. The summed E-state index contributed by atoms with van der Waals surface area (Å²) in [6.07, 6.45) is 0. The predicted molar refractivity (Wildman–Crippen MR) is 106 cm³/mol. The molecule has 1 aromatic rings. The number of carbonyl (C=O) groups is 1. The number of benzene rings is 1. The summed E-state index contributed by atoms with van der Waals surface area (Å²) in [7, 11) is 0. The summed E-state index contributed by atoms with van der Waals surface area (Å²) >= 11 is 0. The second-order valence-corrected chi connectivity index (χ2v) is 6.41. The summed E-state index contributed by atoms with van der Waals surface area (Å²) in [5.74, 6) is 0.150. The van der Waals surface area contributed by atoms with Crippen molar-refractivity contribution in [1.82, 2.24) is 15.1 Å². The molecule has 1 aromatic carbocycles. The molecule has 2 rings (SSSR count). The third-order valence-electron chi connectivity index (χ3n) is 4.49. The quantitative estimate of drug-likeness (QED) is 0.857. The van der Waals surface area contributed by atoms with Crippen LogP contribution < -0.4 is 5.32 Å². The summed E-state index contributed by atoms with van der Waals surface area (Å²) in [6, 6.07) is 8.92. The van der Waals surface area contributed by atoms with Crippen LogP contribution in [0.3, 0.4) is 0 Å². The zero-order chi connectivity index (χ0) is 16.1. The number of piperazine rings is 1. The molecule has 1 amide bonds. The van der Waals surface area contributed by atoms with Crippen molar-refractivity contribution >= 4 is 30.7 Å². The van der Waals surface area contributed by atoms with E-state index < -0.39 is 0 Å². The molecule has 6 heteroatoms. The van der Waals surface area contributed by atoms with Crippen molar-refractivity contribution in [3.05, 3.63) is 35.4 Å². The third-order valence-corrected chi connectivity index (χ3v) is 4.49. The lowest BCUT2D eigenvalue weighted by Gasteiger charge is -2.34. The van der Waals surface area contributed by atoms with Crippen molar-refractivity contribution in [3.63, 3.8) is 0 Å². The van der Waals surface area contributed by atoms with E-state index in [1.165, 1.54) is 5.56 Å². The fourth-order valence-electron chi connectivity index (χ4n) is 2.96. The van der Waals surface area contributed by atoms with Crippen LogP contribution in [0.5, 0.6) is 0 Å². The van der Waals surface area contributed by atoms with Gasteiger partial charge in [-0.05, 0) is 45.0 Å². The number of amides is 1. The highest BCUT2D eigenvalue weighted by molar-refractivity contribution is 5.94. The zero-order valence-corrected chi connectivity index (χ0v) is 16.8. The van der Waals surface area contributed by atoms with E-state index in [1.807, 2.05) is 17.0 Å². The van der Waals surface area contributed by atoms with Crippen LogP contribution in [-0.4, -0.2) is 54.0 Å². The van der Waals surface area contributed by atoms with Gasteiger partial charge in [0.1, 0.15) is 0 Å². The summed E-state index contributed by atoms with van der Waals surface area (Å²) in [4.78, 5) is 17.0. The van der Waals surface area contributed by atoms with Gasteiger partial charge >= 0.3 is 0 Å². The van der Waals surface area contributed by atoms with E-state index in [0.29, 0.717) is 6.04 Å². The van der Waals surface area contributed by atoms with Gasteiger partial charge in [0.25, 0.3) is 5.91 Å². The fraction of sp³-hybridized carbons (Fsp3) is 0.611. The first-order valence-electron chi connectivity index (χ1n) is 8.37. The average Bonchev–Trinajstić information content (AvgIpc) is 2.52. The zero-order valence-electron chi connectivity index (χ0n) is 15.1. The number of rotatable bonds is 5. The molecule has 1 aliphatic rings. The average molecular weight is 376 g/mol. The minimum absolute atomic E-state index is 0. The largest absolute Gasteiger partial charge is 0.333 e. The first kappa shape index (κ1) is 23.2. The highest BCUT2D eigenvalue weighted by Crippen LogP contribution is 2.13. The van der Waals surface area contributed by atoms with Crippen molar-refractivity contribution < 1.29 is 4.79 Å². The smallest absolute Gasteiger partial charge is 0.254 e. The maximum absolute atomic E-state index is 12.6. The van der Waals surface area contributed by atoms with Crippen LogP contribution in [0.25, 0.3) is 0 Å². The van der Waals surface area contributed by atoms with Crippen molar-refractivity contribution in [2.24, 2.45) is 0 Å². The molecule has 0 radical (unpaired) electrons. The molecule has 1 unspecified atom stereocenters. The summed E-state index contributed by atoms with van der Waals surface area (Å²) in [5.41, 5.74) is 2.06. The molecule has 0 saturated carbocycles. The van der Waals surface area contributed by atoms with E-state index in [4.69, 9.17) is 0 Å². The van der Waals surface area contributed by atoms with Crippen LogP contribution in [-0.2, 0) is 6.54 Å². The lowest BCUT2D eigenvalue weighted by atomic mass is 10.1. The van der Waals surface area contributed by atoms with E-state index in [9.17, 15) is 4.79 Å². The van der Waals surface area contributed by atoms with Gasteiger partial charge in [-0.1, -0.05) is 19.1 Å². The fourth-order valence-corrected chi connectivity index (χ4v) is 2.96. The lowest BCUT2D eigenvalue weighted by Crippen LogP contribution is -2.52. The van der Waals surface area contributed by atoms with Gasteiger partial charge in [-0.2, -0.15) is 0 Å². The van der Waals surface area contributed by atoms with Crippen LogP contribution in [0.1, 0.15) is 43.6 Å². The van der Waals surface area contributed by atoms with E-state index in [0.717, 1.165) is 38.3 Å². The molecule has 4 nitrogen and oxygen atoms in total.